The number of aliphatic imine (C=N–C) groups is 2. The second-order valence-electron chi connectivity index (χ2n) is 11.2. The van der Waals surface area contributed by atoms with Crippen molar-refractivity contribution in [2.75, 3.05) is 22.9 Å². The van der Waals surface area contributed by atoms with Crippen LogP contribution in [0.25, 0.3) is 0 Å². The van der Waals surface area contributed by atoms with Crippen molar-refractivity contribution in [3.05, 3.63) is 88.3 Å². The summed E-state index contributed by atoms with van der Waals surface area (Å²) < 4.78 is 0. The van der Waals surface area contributed by atoms with Gasteiger partial charge in [0.15, 0.2) is 56.9 Å². The van der Waals surface area contributed by atoms with Gasteiger partial charge in [0.2, 0.25) is 0 Å². The molecule has 0 aliphatic heterocycles. The predicted octanol–water partition coefficient (Wildman–Crippen LogP) is 4.96. The number of nitrogens with one attached hydrogen (secondary N) is 2. The number of carbonyl (C=O) groups excluding carboxylic acids is 2. The van der Waals surface area contributed by atoms with Crippen LogP contribution in [-0.4, -0.2) is 43.7 Å². The van der Waals surface area contributed by atoms with Crippen LogP contribution < -0.4 is 45.0 Å². The molecule has 0 unspecified atom stereocenters. The molecular formula is C31H32Cl6N14O2. The van der Waals surface area contributed by atoms with Gasteiger partial charge in [0, 0.05) is 31.2 Å². The Morgan fingerprint density at radius 3 is 1.23 bits per heavy atom. The van der Waals surface area contributed by atoms with Crippen molar-refractivity contribution < 1.29 is 9.59 Å². The molecule has 16 nitrogen and oxygen atoms in total. The summed E-state index contributed by atoms with van der Waals surface area (Å²) in [6, 6.07) is 7.26. The third kappa shape index (κ3) is 11.2. The van der Waals surface area contributed by atoms with Crippen LogP contribution in [0.5, 0.6) is 0 Å². The molecule has 53 heavy (non-hydrogen) atoms. The molecule has 2 aromatic heterocycles. The topological polar surface area (TPSA) is 291 Å². The number of anilines is 4. The Hall–Kier alpha value is -4.58. The van der Waals surface area contributed by atoms with Gasteiger partial charge in [0.25, 0.3) is 11.8 Å². The van der Waals surface area contributed by atoms with Gasteiger partial charge in [-0.1, -0.05) is 76.0 Å². The quantitative estimate of drug-likeness (QED) is 0.0533. The number of carbonyl (C=O) groups is 2. The van der Waals surface area contributed by atoms with Gasteiger partial charge in [0.1, 0.15) is 0 Å². The van der Waals surface area contributed by atoms with Crippen LogP contribution in [0, 0.1) is 0 Å². The number of aromatic nitrogens is 4. The van der Waals surface area contributed by atoms with Gasteiger partial charge in [-0.25, -0.2) is 29.9 Å². The molecule has 0 radical (unpaired) electrons. The molecule has 0 saturated heterocycles. The third-order valence-electron chi connectivity index (χ3n) is 7.37. The first-order valence-electron chi connectivity index (χ1n) is 15.4. The molecule has 2 heterocycles. The van der Waals surface area contributed by atoms with Crippen molar-refractivity contribution in [3.8, 4) is 0 Å². The number of unbranched alkanes of at least 4 members (excludes halogenated alkanes) is 2. The van der Waals surface area contributed by atoms with Gasteiger partial charge in [-0.2, -0.15) is 0 Å². The zero-order valence-electron chi connectivity index (χ0n) is 27.5. The van der Waals surface area contributed by atoms with Crippen molar-refractivity contribution >= 4 is 117 Å². The average molecular weight is 845 g/mol. The second kappa shape index (κ2) is 18.4. The van der Waals surface area contributed by atoms with Crippen LogP contribution in [0.4, 0.5) is 23.3 Å². The zero-order chi connectivity index (χ0) is 39.0. The number of guanidine groups is 2. The molecule has 14 N–H and O–H groups in total. The minimum atomic E-state index is -0.768. The van der Waals surface area contributed by atoms with E-state index < -0.39 is 11.8 Å². The fraction of sp³-hybridized carbons (Fsp3) is 0.226. The molecule has 4 rings (SSSR count). The Morgan fingerprint density at radius 1 is 0.547 bits per heavy atom. The van der Waals surface area contributed by atoms with E-state index in [1.54, 1.807) is 0 Å². The number of nitrogens with zero attached hydrogens (tertiary/aromatic N) is 6. The first kappa shape index (κ1) is 41.2. The van der Waals surface area contributed by atoms with E-state index in [1.807, 2.05) is 24.3 Å². The highest BCUT2D eigenvalue weighted by Gasteiger charge is 2.19. The van der Waals surface area contributed by atoms with Crippen LogP contribution in [0.1, 0.15) is 62.5 Å². The van der Waals surface area contributed by atoms with E-state index >= 15 is 0 Å². The molecule has 280 valence electrons. The minimum absolute atomic E-state index is 0.000648. The molecule has 22 heteroatoms. The number of hydrogen-bond donors (Lipinski definition) is 8. The van der Waals surface area contributed by atoms with E-state index in [9.17, 15) is 9.59 Å². The highest BCUT2D eigenvalue weighted by atomic mass is 35.5. The highest BCUT2D eigenvalue weighted by Crippen LogP contribution is 2.30. The predicted molar refractivity (Wildman–Crippen MR) is 212 cm³/mol. The van der Waals surface area contributed by atoms with Crippen LogP contribution in [0.15, 0.2) is 34.3 Å². The molecular weight excluding hydrogens is 813 g/mol. The fourth-order valence-corrected chi connectivity index (χ4v) is 6.27. The number of halogens is 6. The van der Waals surface area contributed by atoms with E-state index in [4.69, 9.17) is 104 Å². The molecule has 0 fully saturated rings. The Bertz CT molecular complexity index is 1920. The van der Waals surface area contributed by atoms with Crippen molar-refractivity contribution in [2.24, 2.45) is 21.5 Å². The first-order valence-corrected chi connectivity index (χ1v) is 17.6. The Labute approximate surface area is 333 Å². The number of rotatable bonds is 12. The normalized spacial score (nSPS) is 11.8. The van der Waals surface area contributed by atoms with E-state index in [0.29, 0.717) is 31.2 Å². The first-order chi connectivity index (χ1) is 25.0. The third-order valence-corrected chi connectivity index (χ3v) is 9.28. The van der Waals surface area contributed by atoms with Crippen molar-refractivity contribution in [1.29, 1.82) is 0 Å². The lowest BCUT2D eigenvalue weighted by Crippen LogP contribution is -2.37. The summed E-state index contributed by atoms with van der Waals surface area (Å²) in [4.78, 5) is 48.4. The molecule has 0 spiro atoms. The lowest BCUT2D eigenvalue weighted by atomic mass is 10.0. The largest absolute Gasteiger partial charge is 0.382 e. The molecule has 0 atom stereocenters. The lowest BCUT2D eigenvalue weighted by molar-refractivity contribution is 0.0964. The Balaban J connectivity index is 1.24. The number of benzene rings is 2. The zero-order valence-corrected chi connectivity index (χ0v) is 32.0. The minimum Gasteiger partial charge on any atom is -0.382 e. The maximum Gasteiger partial charge on any atom is 0.280 e. The molecule has 4 aromatic rings. The summed E-state index contributed by atoms with van der Waals surface area (Å²) in [7, 11) is 0. The van der Waals surface area contributed by atoms with Crippen LogP contribution >= 0.6 is 69.6 Å². The fourth-order valence-electron chi connectivity index (χ4n) is 4.71. The van der Waals surface area contributed by atoms with Crippen molar-refractivity contribution in [3.63, 3.8) is 0 Å². The maximum absolute atomic E-state index is 12.5. The number of amides is 2. The Kier molecular flexibility index (Phi) is 14.3. The van der Waals surface area contributed by atoms with Gasteiger partial charge in [-0.3, -0.25) is 20.2 Å². The van der Waals surface area contributed by atoms with E-state index in [1.165, 1.54) is 0 Å². The molecule has 0 aliphatic carbocycles. The van der Waals surface area contributed by atoms with Gasteiger partial charge in [-0.05, 0) is 61.1 Å². The highest BCUT2D eigenvalue weighted by molar-refractivity contribution is 6.37. The maximum atomic E-state index is 12.5. The number of nitrogens with two attached hydrogens (primary N) is 6. The van der Waals surface area contributed by atoms with Crippen LogP contribution in [-0.2, 0) is 25.9 Å². The second-order valence-corrected chi connectivity index (χ2v) is 13.6. The summed E-state index contributed by atoms with van der Waals surface area (Å²) in [5.41, 5.74) is 36.7. The summed E-state index contributed by atoms with van der Waals surface area (Å²) in [5.74, 6) is -2.64. The molecule has 2 amide bonds. The standard InChI is InChI=1S/C31H32Cl6N14O2/c32-16-6-12(7-17(33)14(16)10-44-30(42)50-28(52)20-24(38)48-26(40)22(36)46-20)4-2-1-3-5-13-8-18(34)15(19(35)9-13)11-45-31(43)51-29(53)21-25(39)49-27(41)23(37)47-21/h6-9H,1-5,10-11H2,(H4,38,40,48)(H4,39,41,49)(H3,42,44,50,52)(H3,43,45,51,53). The van der Waals surface area contributed by atoms with E-state index in [0.717, 1.165) is 43.2 Å². The van der Waals surface area contributed by atoms with E-state index in [2.05, 4.69) is 40.6 Å². The SMILES string of the molecule is NC(=NCc1c(Cl)cc(CCCCCc2cc(Cl)c(CN=C(N)NC(=O)c3nc(Cl)c(N)nc3N)c(Cl)c2)cc1Cl)NC(=O)c1nc(Cl)c(N)nc1N. The summed E-state index contributed by atoms with van der Waals surface area (Å²) in [5, 5.41) is 5.97. The summed E-state index contributed by atoms with van der Waals surface area (Å²) in [6.45, 7) is -0.00130. The lowest BCUT2D eigenvalue weighted by Gasteiger charge is -2.11. The number of hydrogen-bond acceptors (Lipinski definition) is 12. The monoisotopic (exact) mass is 842 g/mol. The van der Waals surface area contributed by atoms with Gasteiger partial charge >= 0.3 is 0 Å². The molecule has 2 aromatic carbocycles. The molecule has 0 aliphatic rings. The molecule has 0 bridgehead atoms. The van der Waals surface area contributed by atoms with Crippen LogP contribution in [0.2, 0.25) is 30.4 Å². The summed E-state index contributed by atoms with van der Waals surface area (Å²) >= 11 is 37.7. The van der Waals surface area contributed by atoms with Crippen molar-refractivity contribution in [1.82, 2.24) is 30.6 Å². The van der Waals surface area contributed by atoms with E-state index in [-0.39, 0.29) is 70.0 Å². The van der Waals surface area contributed by atoms with Gasteiger partial charge in [-0.15, -0.1) is 0 Å². The average Bonchev–Trinajstić information content (AvgIpc) is 3.07. The van der Waals surface area contributed by atoms with Gasteiger partial charge in [0.05, 0.1) is 13.1 Å². The molecule has 0 saturated carbocycles. The number of nitrogen functional groups attached to an aromatic ring is 4. The van der Waals surface area contributed by atoms with Crippen molar-refractivity contribution in [2.45, 2.75) is 45.2 Å². The number of aryl methyl sites for hydroxylation is 2. The smallest absolute Gasteiger partial charge is 0.280 e. The summed E-state index contributed by atoms with van der Waals surface area (Å²) in [6.07, 6.45) is 4.09. The van der Waals surface area contributed by atoms with Gasteiger partial charge < -0.3 is 34.4 Å². The van der Waals surface area contributed by atoms with Crippen LogP contribution in [0.3, 0.4) is 0 Å². The Morgan fingerprint density at radius 2 is 0.887 bits per heavy atom.